The molecule has 7 heteroatoms. The maximum absolute atomic E-state index is 12.4. The van der Waals surface area contributed by atoms with E-state index in [0.29, 0.717) is 18.0 Å². The van der Waals surface area contributed by atoms with Crippen LogP contribution in [0.2, 0.25) is 0 Å². The van der Waals surface area contributed by atoms with E-state index in [1.165, 1.54) is 11.8 Å². The zero-order chi connectivity index (χ0) is 18.2. The van der Waals surface area contributed by atoms with E-state index in [9.17, 15) is 4.79 Å². The first-order valence-corrected chi connectivity index (χ1v) is 9.13. The van der Waals surface area contributed by atoms with E-state index in [2.05, 4.69) is 21.8 Å². The van der Waals surface area contributed by atoms with Crippen LogP contribution in [0.5, 0.6) is 11.5 Å². The van der Waals surface area contributed by atoms with Crippen molar-refractivity contribution >= 4 is 17.7 Å². The highest BCUT2D eigenvalue weighted by molar-refractivity contribution is 8.00. The van der Waals surface area contributed by atoms with E-state index in [1.54, 1.807) is 20.4 Å². The van der Waals surface area contributed by atoms with Gasteiger partial charge in [-0.3, -0.25) is 4.79 Å². The third kappa shape index (κ3) is 5.16. The van der Waals surface area contributed by atoms with Crippen LogP contribution in [0.3, 0.4) is 0 Å². The number of nitrogens with zero attached hydrogens (tertiary/aromatic N) is 2. The summed E-state index contributed by atoms with van der Waals surface area (Å²) in [5.74, 6) is 1.30. The van der Waals surface area contributed by atoms with E-state index in [1.807, 2.05) is 31.3 Å². The average Bonchev–Trinajstić information content (AvgIpc) is 3.06. The van der Waals surface area contributed by atoms with Crippen LogP contribution in [0.4, 0.5) is 0 Å². The molecule has 0 fully saturated rings. The Kier molecular flexibility index (Phi) is 7.18. The van der Waals surface area contributed by atoms with Gasteiger partial charge in [0.1, 0.15) is 0 Å². The number of benzene rings is 1. The van der Waals surface area contributed by atoms with Gasteiger partial charge in [0.05, 0.1) is 19.5 Å². The molecule has 136 valence electrons. The Balaban J connectivity index is 1.92. The number of hydrogen-bond acceptors (Lipinski definition) is 5. The van der Waals surface area contributed by atoms with Gasteiger partial charge >= 0.3 is 0 Å². The first kappa shape index (κ1) is 19.2. The number of amides is 1. The van der Waals surface area contributed by atoms with Gasteiger partial charge in [0, 0.05) is 25.5 Å². The Morgan fingerprint density at radius 1 is 1.32 bits per heavy atom. The largest absolute Gasteiger partial charge is 0.493 e. The fraction of sp³-hybridized carbons (Fsp3) is 0.444. The van der Waals surface area contributed by atoms with E-state index in [-0.39, 0.29) is 11.2 Å². The third-order valence-corrected chi connectivity index (χ3v) is 4.83. The molecule has 6 nitrogen and oxygen atoms in total. The number of ether oxygens (including phenoxy) is 2. The standard InChI is InChI=1S/C18H25N3O3S/c1-5-9-21-10-8-19-18(21)25-13(2)17(22)20-12-14-6-7-15(23-3)16(11-14)24-4/h6-8,10-11,13H,5,9,12H2,1-4H3,(H,20,22)/t13-/m1/s1. The number of hydrogen-bond donors (Lipinski definition) is 1. The zero-order valence-electron chi connectivity index (χ0n) is 15.1. The summed E-state index contributed by atoms with van der Waals surface area (Å²) < 4.78 is 12.6. The predicted molar refractivity (Wildman–Crippen MR) is 99.2 cm³/mol. The SMILES string of the molecule is CCCn1ccnc1S[C@H](C)C(=O)NCc1ccc(OC)c(OC)c1. The van der Waals surface area contributed by atoms with Gasteiger partial charge in [-0.2, -0.15) is 0 Å². The smallest absolute Gasteiger partial charge is 0.233 e. The lowest BCUT2D eigenvalue weighted by molar-refractivity contribution is -0.120. The van der Waals surface area contributed by atoms with Gasteiger partial charge in [0.2, 0.25) is 5.91 Å². The number of thioether (sulfide) groups is 1. The number of imidazole rings is 1. The summed E-state index contributed by atoms with van der Waals surface area (Å²) in [6, 6.07) is 5.61. The molecule has 0 radical (unpaired) electrons. The van der Waals surface area contributed by atoms with Gasteiger partial charge in [-0.1, -0.05) is 24.8 Å². The van der Waals surface area contributed by atoms with Gasteiger partial charge in [0.15, 0.2) is 16.7 Å². The van der Waals surface area contributed by atoms with Gasteiger partial charge in [-0.05, 0) is 31.0 Å². The Morgan fingerprint density at radius 2 is 2.08 bits per heavy atom. The van der Waals surface area contributed by atoms with Crippen LogP contribution >= 0.6 is 11.8 Å². The molecule has 0 aliphatic carbocycles. The van der Waals surface area contributed by atoms with E-state index >= 15 is 0 Å². The summed E-state index contributed by atoms with van der Waals surface area (Å²) in [6.45, 7) is 5.35. The molecule has 1 N–H and O–H groups in total. The number of methoxy groups -OCH3 is 2. The Labute approximate surface area is 152 Å². The minimum atomic E-state index is -0.224. The van der Waals surface area contributed by atoms with Crippen molar-refractivity contribution in [3.63, 3.8) is 0 Å². The van der Waals surface area contributed by atoms with Crippen LogP contribution in [-0.2, 0) is 17.9 Å². The van der Waals surface area contributed by atoms with Crippen LogP contribution in [0, 0.1) is 0 Å². The lowest BCUT2D eigenvalue weighted by Crippen LogP contribution is -2.30. The van der Waals surface area contributed by atoms with Gasteiger partial charge in [-0.15, -0.1) is 0 Å². The molecule has 1 aromatic carbocycles. The summed E-state index contributed by atoms with van der Waals surface area (Å²) >= 11 is 1.47. The molecule has 1 atom stereocenters. The highest BCUT2D eigenvalue weighted by Gasteiger charge is 2.17. The van der Waals surface area contributed by atoms with Crippen molar-refractivity contribution in [2.45, 2.75) is 43.8 Å². The number of aryl methyl sites for hydroxylation is 1. The lowest BCUT2D eigenvalue weighted by atomic mass is 10.2. The van der Waals surface area contributed by atoms with Crippen molar-refractivity contribution in [1.82, 2.24) is 14.9 Å². The second-order valence-electron chi connectivity index (χ2n) is 5.57. The first-order chi connectivity index (χ1) is 12.1. The van der Waals surface area contributed by atoms with E-state index < -0.39 is 0 Å². The van der Waals surface area contributed by atoms with Crippen LogP contribution in [-0.4, -0.2) is 34.9 Å². The normalized spacial score (nSPS) is 11.8. The zero-order valence-corrected chi connectivity index (χ0v) is 15.9. The highest BCUT2D eigenvalue weighted by Crippen LogP contribution is 2.27. The number of nitrogens with one attached hydrogen (secondary N) is 1. The number of aromatic nitrogens is 2. The Bertz CT molecular complexity index is 703. The summed E-state index contributed by atoms with van der Waals surface area (Å²) in [5, 5.41) is 3.61. The molecule has 0 unspecified atom stereocenters. The Morgan fingerprint density at radius 3 is 2.76 bits per heavy atom. The maximum atomic E-state index is 12.4. The Hall–Kier alpha value is -2.15. The van der Waals surface area contributed by atoms with Crippen LogP contribution in [0.1, 0.15) is 25.8 Å². The molecular weight excluding hydrogens is 338 g/mol. The minimum Gasteiger partial charge on any atom is -0.493 e. The molecule has 25 heavy (non-hydrogen) atoms. The monoisotopic (exact) mass is 363 g/mol. The van der Waals surface area contributed by atoms with Crippen molar-refractivity contribution in [1.29, 1.82) is 0 Å². The topological polar surface area (TPSA) is 65.4 Å². The molecule has 2 rings (SSSR count). The maximum Gasteiger partial charge on any atom is 0.233 e. The number of carbonyl (C=O) groups is 1. The molecule has 0 aliphatic heterocycles. The average molecular weight is 363 g/mol. The molecule has 0 bridgehead atoms. The van der Waals surface area contributed by atoms with E-state index in [0.717, 1.165) is 23.7 Å². The van der Waals surface area contributed by atoms with Gasteiger partial charge < -0.3 is 19.4 Å². The highest BCUT2D eigenvalue weighted by atomic mass is 32.2. The molecule has 2 aromatic rings. The molecule has 0 saturated carbocycles. The van der Waals surface area contributed by atoms with Crippen LogP contribution in [0.25, 0.3) is 0 Å². The fourth-order valence-corrected chi connectivity index (χ4v) is 3.28. The lowest BCUT2D eigenvalue weighted by Gasteiger charge is -2.14. The molecule has 1 amide bonds. The van der Waals surface area contributed by atoms with Crippen molar-refractivity contribution in [3.8, 4) is 11.5 Å². The molecule has 0 saturated heterocycles. The summed E-state index contributed by atoms with van der Waals surface area (Å²) in [7, 11) is 3.19. The summed E-state index contributed by atoms with van der Waals surface area (Å²) in [4.78, 5) is 16.7. The summed E-state index contributed by atoms with van der Waals surface area (Å²) in [6.07, 6.45) is 4.75. The van der Waals surface area contributed by atoms with E-state index in [4.69, 9.17) is 9.47 Å². The molecule has 1 heterocycles. The van der Waals surface area contributed by atoms with Crippen molar-refractivity contribution in [2.75, 3.05) is 14.2 Å². The predicted octanol–water partition coefficient (Wildman–Crippen LogP) is 3.11. The number of carbonyl (C=O) groups excluding carboxylic acids is 1. The summed E-state index contributed by atoms with van der Waals surface area (Å²) in [5.41, 5.74) is 0.954. The second kappa shape index (κ2) is 9.36. The van der Waals surface area contributed by atoms with Gasteiger partial charge in [-0.25, -0.2) is 4.98 Å². The number of rotatable bonds is 9. The van der Waals surface area contributed by atoms with Crippen molar-refractivity contribution in [2.24, 2.45) is 0 Å². The molecule has 1 aromatic heterocycles. The first-order valence-electron chi connectivity index (χ1n) is 8.25. The second-order valence-corrected chi connectivity index (χ2v) is 6.88. The quantitative estimate of drug-likeness (QED) is 0.694. The van der Waals surface area contributed by atoms with Crippen molar-refractivity contribution < 1.29 is 14.3 Å². The fourth-order valence-electron chi connectivity index (χ4n) is 2.36. The van der Waals surface area contributed by atoms with Crippen LogP contribution in [0.15, 0.2) is 35.7 Å². The third-order valence-electron chi connectivity index (χ3n) is 3.71. The van der Waals surface area contributed by atoms with Crippen molar-refractivity contribution in [3.05, 3.63) is 36.2 Å². The van der Waals surface area contributed by atoms with Gasteiger partial charge in [0.25, 0.3) is 0 Å². The minimum absolute atomic E-state index is 0.0224. The molecular formula is C18H25N3O3S. The molecule has 0 spiro atoms. The van der Waals surface area contributed by atoms with Crippen LogP contribution < -0.4 is 14.8 Å². The molecule has 0 aliphatic rings.